The molecule has 2 rings (SSSR count). The predicted molar refractivity (Wildman–Crippen MR) is 83.7 cm³/mol. The third-order valence-electron chi connectivity index (χ3n) is 4.43. The number of nitrogens with zero attached hydrogens (tertiary/aromatic N) is 2. The molecule has 0 aromatic heterocycles. The van der Waals surface area contributed by atoms with Gasteiger partial charge in [0.25, 0.3) is 0 Å². The Morgan fingerprint density at radius 1 is 1.38 bits per heavy atom. The molecule has 0 radical (unpaired) electrons. The van der Waals surface area contributed by atoms with E-state index in [4.69, 9.17) is 5.11 Å². The number of carboxylic acid groups (broad SMARTS) is 1. The quantitative estimate of drug-likeness (QED) is 0.815. The van der Waals surface area contributed by atoms with Gasteiger partial charge in [0.2, 0.25) is 0 Å². The molecule has 120 valence electrons. The smallest absolute Gasteiger partial charge is 0.317 e. The molecule has 2 saturated heterocycles. The second-order valence-electron chi connectivity index (χ2n) is 6.02. The first kappa shape index (κ1) is 16.4. The normalized spacial score (nSPS) is 31.0. The minimum atomic E-state index is -0.840. The van der Waals surface area contributed by atoms with E-state index in [0.717, 1.165) is 25.1 Å². The maximum absolute atomic E-state index is 12.4. The van der Waals surface area contributed by atoms with Crippen LogP contribution < -0.4 is 5.32 Å². The van der Waals surface area contributed by atoms with Gasteiger partial charge in [0.15, 0.2) is 0 Å². The molecular weight excluding hydrogens is 290 g/mol. The molecule has 3 atom stereocenters. The molecular formula is C14H25N3O3S. The number of likely N-dealkylation sites (tertiary alicyclic amines) is 1. The van der Waals surface area contributed by atoms with E-state index in [1.54, 1.807) is 16.7 Å². The van der Waals surface area contributed by atoms with Gasteiger partial charge in [-0.1, -0.05) is 0 Å². The summed E-state index contributed by atoms with van der Waals surface area (Å²) in [6, 6.07) is 0.382. The molecule has 21 heavy (non-hydrogen) atoms. The van der Waals surface area contributed by atoms with E-state index >= 15 is 0 Å². The first-order valence-corrected chi connectivity index (χ1v) is 8.69. The van der Waals surface area contributed by atoms with Crippen molar-refractivity contribution < 1.29 is 14.7 Å². The summed E-state index contributed by atoms with van der Waals surface area (Å²) >= 11 is 1.72. The average molecular weight is 315 g/mol. The molecule has 2 aliphatic heterocycles. The molecule has 0 aromatic rings. The molecule has 2 aliphatic rings. The number of piperidine rings is 1. The zero-order valence-corrected chi connectivity index (χ0v) is 13.6. The molecule has 0 aliphatic carbocycles. The van der Waals surface area contributed by atoms with Crippen molar-refractivity contribution in [2.75, 3.05) is 31.6 Å². The van der Waals surface area contributed by atoms with Crippen LogP contribution in [0.3, 0.4) is 0 Å². The van der Waals surface area contributed by atoms with Gasteiger partial charge in [0.05, 0.1) is 12.5 Å². The van der Waals surface area contributed by atoms with Gasteiger partial charge >= 0.3 is 12.0 Å². The number of carbonyl (C=O) groups is 2. The summed E-state index contributed by atoms with van der Waals surface area (Å²) in [4.78, 5) is 27.4. The van der Waals surface area contributed by atoms with Crippen molar-refractivity contribution in [1.29, 1.82) is 0 Å². The summed E-state index contributed by atoms with van der Waals surface area (Å²) in [6.45, 7) is 3.79. The minimum Gasteiger partial charge on any atom is -0.481 e. The number of carboxylic acids is 1. The van der Waals surface area contributed by atoms with Gasteiger partial charge < -0.3 is 20.2 Å². The average Bonchev–Trinajstić information content (AvgIpc) is 2.43. The second kappa shape index (κ2) is 7.35. The molecule has 2 amide bonds. The minimum absolute atomic E-state index is 0.0320. The Morgan fingerprint density at radius 3 is 2.81 bits per heavy atom. The second-order valence-corrected chi connectivity index (χ2v) is 7.17. The highest BCUT2D eigenvalue weighted by Gasteiger charge is 2.31. The molecule has 7 heteroatoms. The van der Waals surface area contributed by atoms with E-state index in [1.165, 1.54) is 0 Å². The number of hydrogen-bond acceptors (Lipinski definition) is 4. The molecule has 6 nitrogen and oxygen atoms in total. The fraction of sp³-hybridized carbons (Fsp3) is 0.857. The lowest BCUT2D eigenvalue weighted by atomic mass is 9.99. The third-order valence-corrected chi connectivity index (χ3v) is 5.53. The maximum atomic E-state index is 12.4. The Hall–Kier alpha value is -0.950. The first-order chi connectivity index (χ1) is 9.97. The molecule has 0 bridgehead atoms. The van der Waals surface area contributed by atoms with E-state index < -0.39 is 5.97 Å². The predicted octanol–water partition coefficient (Wildman–Crippen LogP) is 1.07. The van der Waals surface area contributed by atoms with Gasteiger partial charge in [-0.3, -0.25) is 4.79 Å². The molecule has 3 unspecified atom stereocenters. The van der Waals surface area contributed by atoms with Gasteiger partial charge in [0.1, 0.15) is 0 Å². The number of amides is 2. The third kappa shape index (κ3) is 4.51. The lowest BCUT2D eigenvalue weighted by Crippen LogP contribution is -2.55. The fourth-order valence-corrected chi connectivity index (χ4v) is 4.03. The molecule has 2 heterocycles. The number of hydrogen-bond donors (Lipinski definition) is 2. The van der Waals surface area contributed by atoms with E-state index in [0.29, 0.717) is 18.3 Å². The molecule has 0 aromatic carbocycles. The van der Waals surface area contributed by atoms with E-state index in [2.05, 4.69) is 24.2 Å². The van der Waals surface area contributed by atoms with E-state index in [-0.39, 0.29) is 24.5 Å². The van der Waals surface area contributed by atoms with Crippen molar-refractivity contribution in [3.8, 4) is 0 Å². The molecule has 0 spiro atoms. The Kier molecular flexibility index (Phi) is 5.75. The van der Waals surface area contributed by atoms with Gasteiger partial charge in [-0.05, 0) is 26.8 Å². The van der Waals surface area contributed by atoms with Crippen LogP contribution in [0.1, 0.15) is 26.2 Å². The van der Waals surface area contributed by atoms with Crippen LogP contribution in [0.15, 0.2) is 0 Å². The zero-order chi connectivity index (χ0) is 15.4. The SMILES string of the molecule is CC1CC(NC(=O)N2CCSCC2CC(=O)O)CCN1C. The van der Waals surface area contributed by atoms with Gasteiger partial charge in [-0.15, -0.1) is 0 Å². The summed E-state index contributed by atoms with van der Waals surface area (Å²) in [6.07, 6.45) is 1.94. The van der Waals surface area contributed by atoms with Crippen LogP contribution >= 0.6 is 11.8 Å². The monoisotopic (exact) mass is 315 g/mol. The number of rotatable bonds is 3. The Labute approximate surface area is 130 Å². The van der Waals surface area contributed by atoms with Crippen molar-refractivity contribution in [2.24, 2.45) is 0 Å². The number of thioether (sulfide) groups is 1. The van der Waals surface area contributed by atoms with Crippen molar-refractivity contribution in [3.63, 3.8) is 0 Å². The van der Waals surface area contributed by atoms with Crippen LogP contribution in [0.2, 0.25) is 0 Å². The largest absolute Gasteiger partial charge is 0.481 e. The standard InChI is InChI=1S/C14H25N3O3S/c1-10-7-11(3-4-16(10)2)15-14(20)17-5-6-21-9-12(17)8-13(18)19/h10-12H,3-9H2,1-2H3,(H,15,20)(H,18,19). The van der Waals surface area contributed by atoms with Crippen LogP contribution in [-0.4, -0.2) is 76.7 Å². The van der Waals surface area contributed by atoms with Crippen LogP contribution in [0, 0.1) is 0 Å². The van der Waals surface area contributed by atoms with Crippen LogP contribution in [0.25, 0.3) is 0 Å². The van der Waals surface area contributed by atoms with Crippen molar-refractivity contribution >= 4 is 23.8 Å². The molecule has 2 N–H and O–H groups in total. The van der Waals surface area contributed by atoms with E-state index in [9.17, 15) is 9.59 Å². The topological polar surface area (TPSA) is 72.9 Å². The summed E-state index contributed by atoms with van der Waals surface area (Å²) in [5.74, 6) is 0.755. The van der Waals surface area contributed by atoms with Crippen LogP contribution in [0.5, 0.6) is 0 Å². The lowest BCUT2D eigenvalue weighted by Gasteiger charge is -2.39. The van der Waals surface area contributed by atoms with E-state index in [1.807, 2.05) is 0 Å². The fourth-order valence-electron chi connectivity index (χ4n) is 2.97. The lowest BCUT2D eigenvalue weighted by molar-refractivity contribution is -0.138. The maximum Gasteiger partial charge on any atom is 0.317 e. The molecule has 0 saturated carbocycles. The first-order valence-electron chi connectivity index (χ1n) is 7.54. The summed E-state index contributed by atoms with van der Waals surface area (Å²) in [7, 11) is 2.10. The van der Waals surface area contributed by atoms with Crippen molar-refractivity contribution in [3.05, 3.63) is 0 Å². The van der Waals surface area contributed by atoms with Crippen molar-refractivity contribution in [1.82, 2.24) is 15.1 Å². The number of carbonyl (C=O) groups excluding carboxylic acids is 1. The summed E-state index contributed by atoms with van der Waals surface area (Å²) in [5.41, 5.74) is 0. The van der Waals surface area contributed by atoms with Crippen LogP contribution in [0.4, 0.5) is 4.79 Å². The Morgan fingerprint density at radius 2 is 2.14 bits per heavy atom. The number of nitrogens with one attached hydrogen (secondary N) is 1. The van der Waals surface area contributed by atoms with Crippen molar-refractivity contribution in [2.45, 2.75) is 44.3 Å². The summed E-state index contributed by atoms with van der Waals surface area (Å²) in [5, 5.41) is 12.1. The zero-order valence-electron chi connectivity index (χ0n) is 12.7. The van der Waals surface area contributed by atoms with Gasteiger partial charge in [-0.2, -0.15) is 11.8 Å². The Balaban J connectivity index is 1.90. The molecule has 2 fully saturated rings. The van der Waals surface area contributed by atoms with Gasteiger partial charge in [0, 0.05) is 36.7 Å². The number of aliphatic carboxylic acids is 1. The highest BCUT2D eigenvalue weighted by Crippen LogP contribution is 2.20. The highest BCUT2D eigenvalue weighted by molar-refractivity contribution is 7.99. The Bertz CT molecular complexity index is 394. The summed E-state index contributed by atoms with van der Waals surface area (Å²) < 4.78 is 0. The highest BCUT2D eigenvalue weighted by atomic mass is 32.2. The number of urea groups is 1. The van der Waals surface area contributed by atoms with Gasteiger partial charge in [-0.25, -0.2) is 4.79 Å². The van der Waals surface area contributed by atoms with Crippen LogP contribution in [-0.2, 0) is 4.79 Å².